The maximum atomic E-state index is 13.2. The Morgan fingerprint density at radius 3 is 2.52 bits per heavy atom. The third-order valence-electron chi connectivity index (χ3n) is 4.76. The van der Waals surface area contributed by atoms with Crippen LogP contribution in [0.3, 0.4) is 0 Å². The summed E-state index contributed by atoms with van der Waals surface area (Å²) < 4.78 is 1.57. The first kappa shape index (κ1) is 18.6. The van der Waals surface area contributed by atoms with E-state index in [1.807, 2.05) is 80.6 Å². The van der Waals surface area contributed by atoms with Crippen LogP contribution in [0.25, 0.3) is 5.65 Å². The molecule has 0 atom stereocenters. The van der Waals surface area contributed by atoms with E-state index in [4.69, 9.17) is 4.98 Å². The van der Waals surface area contributed by atoms with Gasteiger partial charge in [-0.15, -0.1) is 0 Å². The molecule has 0 radical (unpaired) electrons. The molecular formula is C24H22N4O. The van der Waals surface area contributed by atoms with Crippen LogP contribution in [0.4, 0.5) is 11.5 Å². The Bertz CT molecular complexity index is 1230. The van der Waals surface area contributed by atoms with Gasteiger partial charge in [-0.25, -0.2) is 4.98 Å². The molecule has 5 heteroatoms. The predicted octanol–water partition coefficient (Wildman–Crippen LogP) is 4.67. The molecule has 0 saturated carbocycles. The lowest BCUT2D eigenvalue weighted by Gasteiger charge is -2.12. The molecule has 0 bridgehead atoms. The van der Waals surface area contributed by atoms with Gasteiger partial charge in [0.2, 0.25) is 0 Å². The zero-order valence-corrected chi connectivity index (χ0v) is 16.5. The van der Waals surface area contributed by atoms with E-state index in [2.05, 4.69) is 10.3 Å². The molecule has 29 heavy (non-hydrogen) atoms. The van der Waals surface area contributed by atoms with Crippen LogP contribution in [0, 0.1) is 13.8 Å². The minimum absolute atomic E-state index is 0.148. The second-order valence-corrected chi connectivity index (χ2v) is 7.00. The van der Waals surface area contributed by atoms with Crippen molar-refractivity contribution in [2.75, 3.05) is 5.32 Å². The van der Waals surface area contributed by atoms with Gasteiger partial charge in [-0.1, -0.05) is 54.1 Å². The fraction of sp³-hybridized carbons (Fsp3) is 0.125. The maximum Gasteiger partial charge on any atom is 0.268 e. The average Bonchev–Trinajstić information content (AvgIpc) is 2.74. The van der Waals surface area contributed by atoms with Gasteiger partial charge < -0.3 is 5.32 Å². The summed E-state index contributed by atoms with van der Waals surface area (Å²) in [4.78, 5) is 22.4. The van der Waals surface area contributed by atoms with Gasteiger partial charge in [0.15, 0.2) is 0 Å². The minimum atomic E-state index is -0.148. The number of aromatic nitrogens is 2. The Labute approximate surface area is 169 Å². The van der Waals surface area contributed by atoms with Crippen molar-refractivity contribution in [2.45, 2.75) is 20.4 Å². The minimum Gasteiger partial charge on any atom is -0.365 e. The molecule has 2 heterocycles. The molecule has 4 rings (SSSR count). The molecule has 0 fully saturated rings. The molecule has 0 amide bonds. The number of pyridine rings is 1. The van der Waals surface area contributed by atoms with Crippen LogP contribution in [-0.2, 0) is 6.54 Å². The van der Waals surface area contributed by atoms with Crippen molar-refractivity contribution in [3.05, 3.63) is 106 Å². The van der Waals surface area contributed by atoms with E-state index in [-0.39, 0.29) is 5.56 Å². The zero-order valence-electron chi connectivity index (χ0n) is 16.5. The highest BCUT2D eigenvalue weighted by atomic mass is 16.1. The highest BCUT2D eigenvalue weighted by Gasteiger charge is 2.12. The molecule has 1 N–H and O–H groups in total. The number of anilines is 1. The van der Waals surface area contributed by atoms with E-state index < -0.39 is 0 Å². The quantitative estimate of drug-likeness (QED) is 0.510. The Morgan fingerprint density at radius 2 is 1.76 bits per heavy atom. The fourth-order valence-corrected chi connectivity index (χ4v) is 3.11. The van der Waals surface area contributed by atoms with Crippen LogP contribution >= 0.6 is 0 Å². The van der Waals surface area contributed by atoms with E-state index in [9.17, 15) is 4.79 Å². The van der Waals surface area contributed by atoms with Gasteiger partial charge in [-0.05, 0) is 43.2 Å². The maximum absolute atomic E-state index is 13.2. The van der Waals surface area contributed by atoms with Crippen molar-refractivity contribution in [3.63, 3.8) is 0 Å². The van der Waals surface area contributed by atoms with Crippen LogP contribution < -0.4 is 10.9 Å². The number of hydrogen-bond acceptors (Lipinski definition) is 4. The second-order valence-electron chi connectivity index (χ2n) is 7.00. The molecule has 0 unspecified atom stereocenters. The van der Waals surface area contributed by atoms with Crippen molar-refractivity contribution >= 4 is 23.4 Å². The molecule has 0 spiro atoms. The zero-order chi connectivity index (χ0) is 20.2. The van der Waals surface area contributed by atoms with E-state index in [1.165, 1.54) is 0 Å². The number of aliphatic imine (C=N–C) groups is 1. The molecule has 0 saturated heterocycles. The summed E-state index contributed by atoms with van der Waals surface area (Å²) in [6.07, 6.45) is 3.34. The number of rotatable bonds is 5. The van der Waals surface area contributed by atoms with Crippen LogP contribution in [0.15, 0.2) is 82.7 Å². The Morgan fingerprint density at radius 1 is 1.00 bits per heavy atom. The Balaban J connectivity index is 1.78. The lowest BCUT2D eigenvalue weighted by Crippen LogP contribution is -2.23. The van der Waals surface area contributed by atoms with Gasteiger partial charge in [0.25, 0.3) is 5.56 Å². The van der Waals surface area contributed by atoms with Crippen molar-refractivity contribution in [3.8, 4) is 0 Å². The van der Waals surface area contributed by atoms with Gasteiger partial charge in [-0.2, -0.15) is 0 Å². The molecule has 0 aliphatic carbocycles. The summed E-state index contributed by atoms with van der Waals surface area (Å²) in [7, 11) is 0. The molecule has 4 aromatic rings. The number of nitrogens with zero attached hydrogens (tertiary/aromatic N) is 3. The molecule has 2 aromatic heterocycles. The first-order chi connectivity index (χ1) is 14.1. The molecule has 0 aliphatic rings. The van der Waals surface area contributed by atoms with Gasteiger partial charge in [0, 0.05) is 19.0 Å². The van der Waals surface area contributed by atoms with Crippen molar-refractivity contribution < 1.29 is 0 Å². The molecular weight excluding hydrogens is 360 g/mol. The summed E-state index contributed by atoms with van der Waals surface area (Å²) in [6, 6.07) is 21.7. The molecule has 2 aromatic carbocycles. The van der Waals surface area contributed by atoms with E-state index >= 15 is 0 Å². The predicted molar refractivity (Wildman–Crippen MR) is 118 cm³/mol. The monoisotopic (exact) mass is 382 g/mol. The largest absolute Gasteiger partial charge is 0.365 e. The summed E-state index contributed by atoms with van der Waals surface area (Å²) >= 11 is 0. The Hall–Kier alpha value is -3.73. The van der Waals surface area contributed by atoms with Gasteiger partial charge >= 0.3 is 0 Å². The number of nitrogens with one attached hydrogen (secondary N) is 1. The van der Waals surface area contributed by atoms with Gasteiger partial charge in [0.1, 0.15) is 17.0 Å². The van der Waals surface area contributed by atoms with Gasteiger partial charge in [-0.3, -0.25) is 14.2 Å². The third-order valence-corrected chi connectivity index (χ3v) is 4.76. The molecule has 0 aliphatic heterocycles. The number of hydrogen-bond donors (Lipinski definition) is 1. The molecule has 5 nitrogen and oxygen atoms in total. The number of aryl methyl sites for hydroxylation is 2. The third kappa shape index (κ3) is 4.09. The second kappa shape index (κ2) is 8.10. The van der Waals surface area contributed by atoms with E-state index in [0.29, 0.717) is 23.6 Å². The van der Waals surface area contributed by atoms with Crippen molar-refractivity contribution in [1.29, 1.82) is 0 Å². The average molecular weight is 382 g/mol. The summed E-state index contributed by atoms with van der Waals surface area (Å²) in [5.74, 6) is 0.531. The van der Waals surface area contributed by atoms with E-state index in [1.54, 1.807) is 16.8 Å². The van der Waals surface area contributed by atoms with Crippen LogP contribution in [0.2, 0.25) is 0 Å². The van der Waals surface area contributed by atoms with Crippen molar-refractivity contribution in [1.82, 2.24) is 9.38 Å². The van der Waals surface area contributed by atoms with Crippen LogP contribution in [0.5, 0.6) is 0 Å². The lowest BCUT2D eigenvalue weighted by atomic mass is 10.2. The Kier molecular flexibility index (Phi) is 5.20. The summed E-state index contributed by atoms with van der Waals surface area (Å²) in [5, 5.41) is 3.32. The highest BCUT2D eigenvalue weighted by molar-refractivity contribution is 5.88. The van der Waals surface area contributed by atoms with E-state index in [0.717, 1.165) is 22.4 Å². The van der Waals surface area contributed by atoms with Crippen LogP contribution in [0.1, 0.15) is 22.3 Å². The van der Waals surface area contributed by atoms with Crippen LogP contribution in [-0.4, -0.2) is 15.6 Å². The standard InChI is InChI=1S/C24H22N4O/c1-17-10-12-20(13-11-17)25-16-21-22(26-15-19-8-4-3-5-9-19)27-23-18(2)7-6-14-28(23)24(21)29/h3-14,16,26H,15H2,1-2H3. The lowest BCUT2D eigenvalue weighted by molar-refractivity contribution is 1.01. The fourth-order valence-electron chi connectivity index (χ4n) is 3.11. The highest BCUT2D eigenvalue weighted by Crippen LogP contribution is 2.16. The van der Waals surface area contributed by atoms with Crippen molar-refractivity contribution in [2.24, 2.45) is 4.99 Å². The molecule has 144 valence electrons. The normalized spacial score (nSPS) is 11.2. The first-order valence-corrected chi connectivity index (χ1v) is 9.52. The smallest absolute Gasteiger partial charge is 0.268 e. The summed E-state index contributed by atoms with van der Waals surface area (Å²) in [6.45, 7) is 4.55. The topological polar surface area (TPSA) is 58.8 Å². The number of benzene rings is 2. The SMILES string of the molecule is Cc1ccc(N=Cc2c(NCc3ccccc3)nc3c(C)cccn3c2=O)cc1. The number of fused-ring (bicyclic) bond motifs is 1. The first-order valence-electron chi connectivity index (χ1n) is 9.52. The van der Waals surface area contributed by atoms with Gasteiger partial charge in [0.05, 0.1) is 5.69 Å². The summed E-state index contributed by atoms with van der Waals surface area (Å²) in [5.41, 5.74) is 4.93.